The molecule has 0 aliphatic heterocycles. The molecule has 3 N–H and O–H groups in total. The van der Waals surface area contributed by atoms with Gasteiger partial charge in [-0.25, -0.2) is 8.78 Å². The first-order valence-corrected chi connectivity index (χ1v) is 9.17. The van der Waals surface area contributed by atoms with Crippen LogP contribution in [0.2, 0.25) is 0 Å². The zero-order valence-corrected chi connectivity index (χ0v) is 16.4. The van der Waals surface area contributed by atoms with E-state index in [0.717, 1.165) is 20.3 Å². The zero-order chi connectivity index (χ0) is 22.5. The Bertz CT molecular complexity index is 948. The lowest BCUT2D eigenvalue weighted by Crippen LogP contribution is -2.58. The Morgan fingerprint density at radius 1 is 1.23 bits per heavy atom. The molecule has 1 aromatic rings. The van der Waals surface area contributed by atoms with Crippen LogP contribution in [0.1, 0.15) is 42.6 Å². The van der Waals surface area contributed by atoms with Gasteiger partial charge in [-0.05, 0) is 62.3 Å². The molecule has 4 atom stereocenters. The van der Waals surface area contributed by atoms with E-state index in [2.05, 4.69) is 29.0 Å². The molecule has 0 aromatic heterocycles. The molecule has 1 aliphatic rings. The molecule has 2 rings (SSSR count). The Labute approximate surface area is 172 Å². The number of carbonyl (C=O) groups is 3. The molecule has 0 spiro atoms. The predicted molar refractivity (Wildman–Crippen MR) is 104 cm³/mol. The number of benzene rings is 1. The molecule has 1 amide bonds. The van der Waals surface area contributed by atoms with Crippen LogP contribution in [0, 0.1) is 35.5 Å². The van der Waals surface area contributed by atoms with Crippen molar-refractivity contribution < 1.29 is 33.4 Å². The van der Waals surface area contributed by atoms with Gasteiger partial charge in [0.1, 0.15) is 11.6 Å². The number of halogens is 2. The number of carbonyl (C=O) groups excluding carboxylic acids is 2. The normalized spacial score (nSPS) is 19.9. The van der Waals surface area contributed by atoms with E-state index in [1.165, 1.54) is 24.3 Å². The fraction of sp³-hybridized carbons (Fsp3) is 0.409. The summed E-state index contributed by atoms with van der Waals surface area (Å²) in [4.78, 5) is 34.5. The lowest BCUT2D eigenvalue weighted by atomic mass is 9.93. The van der Waals surface area contributed by atoms with Crippen LogP contribution < -0.4 is 5.32 Å². The Morgan fingerprint density at radius 2 is 1.87 bits per heavy atom. The first-order valence-electron chi connectivity index (χ1n) is 9.17. The summed E-state index contributed by atoms with van der Waals surface area (Å²) in [6, 6.07) is 4.12. The number of ketones is 1. The van der Waals surface area contributed by atoms with Crippen molar-refractivity contribution in [2.24, 2.45) is 11.8 Å². The molecule has 8 heteroatoms. The lowest BCUT2D eigenvalue weighted by Gasteiger charge is -2.30. The Balaban J connectivity index is 1.98. The van der Waals surface area contributed by atoms with Gasteiger partial charge in [-0.15, -0.1) is 0 Å². The average molecular weight is 417 g/mol. The molecular formula is C22H21F2NO5. The van der Waals surface area contributed by atoms with Crippen molar-refractivity contribution in [3.05, 3.63) is 35.4 Å². The fourth-order valence-corrected chi connectivity index (χ4v) is 2.81. The molecule has 0 bridgehead atoms. The Kier molecular flexibility index (Phi) is 7.31. The van der Waals surface area contributed by atoms with Crippen LogP contribution in [-0.4, -0.2) is 45.9 Å². The van der Waals surface area contributed by atoms with Gasteiger partial charge in [0.05, 0.1) is 0 Å². The van der Waals surface area contributed by atoms with Gasteiger partial charge in [-0.3, -0.25) is 14.4 Å². The van der Waals surface area contributed by atoms with Crippen LogP contribution in [0.4, 0.5) is 8.78 Å². The predicted octanol–water partition coefficient (Wildman–Crippen LogP) is 1.86. The Morgan fingerprint density at radius 3 is 2.40 bits per heavy atom. The van der Waals surface area contributed by atoms with Crippen molar-refractivity contribution in [3.8, 4) is 23.7 Å². The highest BCUT2D eigenvalue weighted by Crippen LogP contribution is 2.40. The number of hydrogen-bond acceptors (Lipinski definition) is 4. The van der Waals surface area contributed by atoms with Crippen molar-refractivity contribution in [1.82, 2.24) is 5.32 Å². The summed E-state index contributed by atoms with van der Waals surface area (Å²) in [7, 11) is 0. The number of nitrogens with one attached hydrogen (secondary N) is 1. The van der Waals surface area contributed by atoms with Gasteiger partial charge in [-0.1, -0.05) is 11.8 Å². The third kappa shape index (κ3) is 6.13. The molecule has 30 heavy (non-hydrogen) atoms. The second-order valence-electron chi connectivity index (χ2n) is 7.34. The average Bonchev–Trinajstić information content (AvgIpc) is 3.39. The number of alkyl halides is 2. The number of carboxylic acid groups (broad SMARTS) is 1. The van der Waals surface area contributed by atoms with E-state index < -0.39 is 35.7 Å². The molecule has 2 unspecified atom stereocenters. The minimum absolute atomic E-state index is 0.0566. The Hall–Kier alpha value is -3.23. The van der Waals surface area contributed by atoms with Crippen molar-refractivity contribution in [1.29, 1.82) is 0 Å². The quantitative estimate of drug-likeness (QED) is 0.588. The standard InChI is InChI=1S/C22H21F2NO5/c1-13(26)19(22(2,30)21(23)24)25-20(29)15-9-7-14(8-10-15)5-3-4-6-16-11-17(16)12-18(27)28/h7-10,16-17,19,21,30H,11-12H2,1-2H3,(H,25,29)(H,27,28)/t16?,17?,19-,22+/m1/s1. The summed E-state index contributed by atoms with van der Waals surface area (Å²) in [5.41, 5.74) is -2.03. The summed E-state index contributed by atoms with van der Waals surface area (Å²) >= 11 is 0. The van der Waals surface area contributed by atoms with Crippen molar-refractivity contribution >= 4 is 17.7 Å². The van der Waals surface area contributed by atoms with E-state index in [9.17, 15) is 28.3 Å². The van der Waals surface area contributed by atoms with Crippen LogP contribution in [0.3, 0.4) is 0 Å². The van der Waals surface area contributed by atoms with Gasteiger partial charge >= 0.3 is 5.97 Å². The SMILES string of the molecule is CC(=O)[C@@H](NC(=O)c1ccc(C#CC#CC2CC2CC(=O)O)cc1)[C@](C)(O)C(F)F. The van der Waals surface area contributed by atoms with E-state index >= 15 is 0 Å². The summed E-state index contributed by atoms with van der Waals surface area (Å²) < 4.78 is 26.0. The van der Waals surface area contributed by atoms with E-state index in [0.29, 0.717) is 5.56 Å². The number of hydrogen-bond donors (Lipinski definition) is 3. The second kappa shape index (κ2) is 9.51. The summed E-state index contributed by atoms with van der Waals surface area (Å²) in [6.45, 7) is 1.79. The summed E-state index contributed by atoms with van der Waals surface area (Å²) in [6.07, 6.45) is -2.36. The minimum Gasteiger partial charge on any atom is -0.481 e. The number of Topliss-reactive ketones (excluding diaryl/α,β-unsaturated/α-hetero) is 1. The molecule has 0 heterocycles. The molecule has 0 radical (unpaired) electrons. The van der Waals surface area contributed by atoms with Crippen molar-refractivity contribution in [2.75, 3.05) is 0 Å². The van der Waals surface area contributed by atoms with Crippen molar-refractivity contribution in [2.45, 2.75) is 44.8 Å². The smallest absolute Gasteiger partial charge is 0.303 e. The van der Waals surface area contributed by atoms with Crippen molar-refractivity contribution in [3.63, 3.8) is 0 Å². The summed E-state index contributed by atoms with van der Waals surface area (Å²) in [5, 5.41) is 20.7. The third-order valence-electron chi connectivity index (χ3n) is 4.74. The first-order chi connectivity index (χ1) is 14.0. The molecule has 1 fully saturated rings. The van der Waals surface area contributed by atoms with Gasteiger partial charge in [-0.2, -0.15) is 0 Å². The second-order valence-corrected chi connectivity index (χ2v) is 7.34. The number of rotatable bonds is 7. The van der Waals surface area contributed by atoms with Gasteiger partial charge in [0.25, 0.3) is 12.3 Å². The van der Waals surface area contributed by atoms with E-state index in [1.54, 1.807) is 0 Å². The van der Waals surface area contributed by atoms with Gasteiger partial charge < -0.3 is 15.5 Å². The highest BCUT2D eigenvalue weighted by Gasteiger charge is 2.44. The molecule has 1 saturated carbocycles. The van der Waals surface area contributed by atoms with Crippen LogP contribution in [0.25, 0.3) is 0 Å². The molecule has 0 saturated heterocycles. The van der Waals surface area contributed by atoms with Crippen LogP contribution in [-0.2, 0) is 9.59 Å². The number of carboxylic acids is 1. The first kappa shape index (κ1) is 23.1. The van der Waals surface area contributed by atoms with Gasteiger partial charge in [0, 0.05) is 23.5 Å². The molecule has 6 nitrogen and oxygen atoms in total. The van der Waals surface area contributed by atoms with E-state index in [1.807, 2.05) is 0 Å². The zero-order valence-electron chi connectivity index (χ0n) is 16.4. The number of aliphatic hydroxyl groups is 1. The largest absolute Gasteiger partial charge is 0.481 e. The van der Waals surface area contributed by atoms with E-state index in [4.69, 9.17) is 5.11 Å². The number of amides is 1. The topological polar surface area (TPSA) is 104 Å². The highest BCUT2D eigenvalue weighted by atomic mass is 19.3. The van der Waals surface area contributed by atoms with Gasteiger partial charge in [0.15, 0.2) is 5.78 Å². The van der Waals surface area contributed by atoms with Crippen LogP contribution in [0.15, 0.2) is 24.3 Å². The third-order valence-corrected chi connectivity index (χ3v) is 4.74. The molecule has 158 valence electrons. The number of aliphatic carboxylic acids is 1. The fourth-order valence-electron chi connectivity index (χ4n) is 2.81. The maximum atomic E-state index is 13.0. The maximum Gasteiger partial charge on any atom is 0.303 e. The summed E-state index contributed by atoms with van der Waals surface area (Å²) in [5.74, 6) is 8.74. The molecule has 1 aromatic carbocycles. The van der Waals surface area contributed by atoms with E-state index in [-0.39, 0.29) is 23.8 Å². The van der Waals surface area contributed by atoms with Crippen LogP contribution >= 0.6 is 0 Å². The van der Waals surface area contributed by atoms with Gasteiger partial charge in [0.2, 0.25) is 0 Å². The molecular weight excluding hydrogens is 396 g/mol. The highest BCUT2D eigenvalue weighted by molar-refractivity contribution is 5.98. The molecule has 1 aliphatic carbocycles. The van der Waals surface area contributed by atoms with Crippen LogP contribution in [0.5, 0.6) is 0 Å². The lowest BCUT2D eigenvalue weighted by molar-refractivity contribution is -0.138. The maximum absolute atomic E-state index is 13.0. The monoisotopic (exact) mass is 417 g/mol. The minimum atomic E-state index is -3.22.